The summed E-state index contributed by atoms with van der Waals surface area (Å²) in [4.78, 5) is 6.52. The van der Waals surface area contributed by atoms with Crippen LogP contribution in [0.25, 0.3) is 0 Å². The fraction of sp³-hybridized carbons (Fsp3) is 0.750. The summed E-state index contributed by atoms with van der Waals surface area (Å²) in [5, 5.41) is 9.83. The molecule has 3 atom stereocenters. The number of rotatable bonds is 3. The summed E-state index contributed by atoms with van der Waals surface area (Å²) in [6.07, 6.45) is 7.89. The molecule has 0 bridgehead atoms. The van der Waals surface area contributed by atoms with E-state index < -0.39 is 0 Å². The molecule has 1 N–H and O–H groups in total. The minimum Gasteiger partial charge on any atom is -0.393 e. The molecular formula is C12H19N3O. The third-order valence-electron chi connectivity index (χ3n) is 4.13. The fourth-order valence-corrected chi connectivity index (χ4v) is 3.19. The van der Waals surface area contributed by atoms with Crippen molar-refractivity contribution < 1.29 is 5.11 Å². The van der Waals surface area contributed by atoms with E-state index in [0.717, 1.165) is 32.0 Å². The molecule has 1 saturated carbocycles. The highest BCUT2D eigenvalue weighted by Gasteiger charge is 2.41. The van der Waals surface area contributed by atoms with E-state index in [1.807, 2.05) is 18.7 Å². The van der Waals surface area contributed by atoms with Crippen molar-refractivity contribution in [2.24, 2.45) is 11.8 Å². The summed E-state index contributed by atoms with van der Waals surface area (Å²) in [6.45, 7) is 4.35. The third-order valence-corrected chi connectivity index (χ3v) is 4.13. The molecule has 1 aromatic rings. The van der Waals surface area contributed by atoms with Crippen LogP contribution in [0.3, 0.4) is 0 Å². The van der Waals surface area contributed by atoms with Gasteiger partial charge in [-0.15, -0.1) is 0 Å². The largest absolute Gasteiger partial charge is 0.393 e. The maximum Gasteiger partial charge on any atom is 0.0946 e. The van der Waals surface area contributed by atoms with Crippen molar-refractivity contribution in [2.75, 3.05) is 19.6 Å². The normalized spacial score (nSPS) is 34.4. The summed E-state index contributed by atoms with van der Waals surface area (Å²) in [5.74, 6) is 1.29. The van der Waals surface area contributed by atoms with Gasteiger partial charge in [0, 0.05) is 44.5 Å². The van der Waals surface area contributed by atoms with Crippen LogP contribution >= 0.6 is 0 Å². The van der Waals surface area contributed by atoms with Gasteiger partial charge in [0.15, 0.2) is 0 Å². The highest BCUT2D eigenvalue weighted by molar-refractivity contribution is 4.93. The number of aliphatic hydroxyl groups is 1. The smallest absolute Gasteiger partial charge is 0.0946 e. The molecule has 1 aliphatic heterocycles. The van der Waals surface area contributed by atoms with Gasteiger partial charge in [-0.05, 0) is 18.8 Å². The molecule has 0 aromatic carbocycles. The Morgan fingerprint density at radius 3 is 2.94 bits per heavy atom. The Balaban J connectivity index is 1.51. The molecule has 4 nitrogen and oxygen atoms in total. The second kappa shape index (κ2) is 4.18. The van der Waals surface area contributed by atoms with Gasteiger partial charge in [0.25, 0.3) is 0 Å². The van der Waals surface area contributed by atoms with Crippen LogP contribution in [-0.4, -0.2) is 45.3 Å². The molecule has 1 saturated heterocycles. The first-order chi connectivity index (χ1) is 7.83. The first kappa shape index (κ1) is 10.3. The molecule has 0 amide bonds. The summed E-state index contributed by atoms with van der Waals surface area (Å²) >= 11 is 0. The first-order valence-corrected chi connectivity index (χ1v) is 6.19. The molecular weight excluding hydrogens is 202 g/mol. The molecule has 0 spiro atoms. The van der Waals surface area contributed by atoms with Gasteiger partial charge in [-0.3, -0.25) is 0 Å². The minimum atomic E-state index is -0.0387. The number of aromatic nitrogens is 2. The molecule has 2 heterocycles. The van der Waals surface area contributed by atoms with Crippen LogP contribution in [-0.2, 0) is 6.54 Å². The van der Waals surface area contributed by atoms with Gasteiger partial charge in [0.05, 0.1) is 12.4 Å². The van der Waals surface area contributed by atoms with Gasteiger partial charge in [-0.2, -0.15) is 0 Å². The summed E-state index contributed by atoms with van der Waals surface area (Å²) < 4.78 is 2.12. The summed E-state index contributed by atoms with van der Waals surface area (Å²) in [5.41, 5.74) is 0. The number of aliphatic hydroxyl groups excluding tert-OH is 1. The molecule has 1 aliphatic carbocycles. The zero-order chi connectivity index (χ0) is 11.0. The van der Waals surface area contributed by atoms with Crippen LogP contribution in [0.5, 0.6) is 0 Å². The molecule has 4 heteroatoms. The Bertz CT molecular complexity index is 338. The second-order valence-electron chi connectivity index (χ2n) is 5.13. The van der Waals surface area contributed by atoms with Crippen molar-refractivity contribution in [2.45, 2.75) is 25.5 Å². The maximum atomic E-state index is 9.83. The third kappa shape index (κ3) is 1.87. The van der Waals surface area contributed by atoms with E-state index in [2.05, 4.69) is 14.5 Å². The Morgan fingerprint density at radius 1 is 1.25 bits per heavy atom. The van der Waals surface area contributed by atoms with Crippen molar-refractivity contribution >= 4 is 0 Å². The number of fused-ring (bicyclic) bond motifs is 1. The van der Waals surface area contributed by atoms with Gasteiger partial charge in [0.2, 0.25) is 0 Å². The Hall–Kier alpha value is -0.870. The minimum absolute atomic E-state index is 0.0387. The number of nitrogens with zero attached hydrogens (tertiary/aromatic N) is 3. The van der Waals surface area contributed by atoms with E-state index >= 15 is 0 Å². The molecule has 3 unspecified atom stereocenters. The lowest BCUT2D eigenvalue weighted by Gasteiger charge is -2.17. The highest BCUT2D eigenvalue weighted by Crippen LogP contribution is 2.37. The van der Waals surface area contributed by atoms with Gasteiger partial charge >= 0.3 is 0 Å². The number of likely N-dealkylation sites (tertiary alicyclic amines) is 1. The Kier molecular flexibility index (Phi) is 2.69. The lowest BCUT2D eigenvalue weighted by atomic mass is 10.00. The average molecular weight is 221 g/mol. The summed E-state index contributed by atoms with van der Waals surface area (Å²) in [7, 11) is 0. The van der Waals surface area contributed by atoms with Crippen LogP contribution in [0.4, 0.5) is 0 Å². The number of imidazole rings is 1. The Labute approximate surface area is 95.9 Å². The SMILES string of the molecule is OC1CCC2CN(CCn3ccnc3)CC12. The zero-order valence-corrected chi connectivity index (χ0v) is 9.50. The van der Waals surface area contributed by atoms with E-state index in [-0.39, 0.29) is 6.10 Å². The van der Waals surface area contributed by atoms with Gasteiger partial charge in [0.1, 0.15) is 0 Å². The van der Waals surface area contributed by atoms with Crippen LogP contribution < -0.4 is 0 Å². The van der Waals surface area contributed by atoms with Crippen molar-refractivity contribution in [1.82, 2.24) is 14.5 Å². The molecule has 1 aromatic heterocycles. The quantitative estimate of drug-likeness (QED) is 0.812. The first-order valence-electron chi connectivity index (χ1n) is 6.19. The van der Waals surface area contributed by atoms with Gasteiger partial charge < -0.3 is 14.6 Å². The summed E-state index contributed by atoms with van der Waals surface area (Å²) in [6, 6.07) is 0. The molecule has 3 rings (SSSR count). The van der Waals surface area contributed by atoms with Crippen LogP contribution in [0.1, 0.15) is 12.8 Å². The van der Waals surface area contributed by atoms with Crippen molar-refractivity contribution in [3.05, 3.63) is 18.7 Å². The van der Waals surface area contributed by atoms with E-state index in [0.29, 0.717) is 5.92 Å². The molecule has 0 radical (unpaired) electrons. The van der Waals surface area contributed by atoms with Crippen LogP contribution in [0.2, 0.25) is 0 Å². The average Bonchev–Trinajstić information content (AvgIpc) is 2.95. The molecule has 2 aliphatic rings. The van der Waals surface area contributed by atoms with E-state index in [9.17, 15) is 5.11 Å². The topological polar surface area (TPSA) is 41.3 Å². The van der Waals surface area contributed by atoms with E-state index in [1.165, 1.54) is 13.0 Å². The predicted octanol–water partition coefficient (Wildman–Crippen LogP) is 0.586. The van der Waals surface area contributed by atoms with E-state index in [1.54, 1.807) is 0 Å². The van der Waals surface area contributed by atoms with Crippen molar-refractivity contribution in [3.63, 3.8) is 0 Å². The molecule has 88 valence electrons. The Morgan fingerprint density at radius 2 is 2.19 bits per heavy atom. The lowest BCUT2D eigenvalue weighted by molar-refractivity contribution is 0.124. The maximum absolute atomic E-state index is 9.83. The number of hydrogen-bond donors (Lipinski definition) is 1. The van der Waals surface area contributed by atoms with Crippen LogP contribution in [0.15, 0.2) is 18.7 Å². The fourth-order valence-electron chi connectivity index (χ4n) is 3.19. The highest BCUT2D eigenvalue weighted by atomic mass is 16.3. The lowest BCUT2D eigenvalue weighted by Crippen LogP contribution is -2.27. The second-order valence-corrected chi connectivity index (χ2v) is 5.13. The van der Waals surface area contributed by atoms with Crippen molar-refractivity contribution in [3.8, 4) is 0 Å². The zero-order valence-electron chi connectivity index (χ0n) is 9.50. The van der Waals surface area contributed by atoms with Gasteiger partial charge in [-0.1, -0.05) is 0 Å². The van der Waals surface area contributed by atoms with E-state index in [4.69, 9.17) is 0 Å². The standard InChI is InChI=1S/C12H19N3O/c16-12-2-1-10-7-15(8-11(10)12)6-5-14-4-3-13-9-14/h3-4,9-12,16H,1-2,5-8H2. The molecule has 16 heavy (non-hydrogen) atoms. The number of hydrogen-bond acceptors (Lipinski definition) is 3. The van der Waals surface area contributed by atoms with Crippen molar-refractivity contribution in [1.29, 1.82) is 0 Å². The van der Waals surface area contributed by atoms with Crippen LogP contribution in [0, 0.1) is 11.8 Å². The predicted molar refractivity (Wildman–Crippen MR) is 60.9 cm³/mol. The molecule has 2 fully saturated rings. The monoisotopic (exact) mass is 221 g/mol. The van der Waals surface area contributed by atoms with Gasteiger partial charge in [-0.25, -0.2) is 4.98 Å².